The van der Waals surface area contributed by atoms with Crippen LogP contribution in [0.25, 0.3) is 11.4 Å². The number of piperidine rings is 1. The molecule has 12 heteroatoms. The van der Waals surface area contributed by atoms with Crippen molar-refractivity contribution in [3.8, 4) is 17.1 Å². The quantitative estimate of drug-likeness (QED) is 0.0805. The number of nitrogens with one attached hydrogen (secondary N) is 3. The average molecular weight is 672 g/mol. The standard InChI is InChI=1S/C37H49N7O5/c1-28(29-10-12-33(13-11-29)49-25-5-3-4-22-47-23-7-24-48-27-34(45)46)39-31-8-6-9-32(26-31)41-37(16-20-44(2)21-17-37)36-40-35(42-43-36)30-14-18-38-19-15-30/h6,8-15,18-19,26,28,39,41H,3-5,7,16-17,20-25,27H2,1-2H3,(H,45,46)(H,40,42,43)/t28-/m1/s1. The number of hydrogen-bond donors (Lipinski definition) is 4. The number of H-pyrrole nitrogens is 1. The molecule has 0 unspecified atom stereocenters. The summed E-state index contributed by atoms with van der Waals surface area (Å²) in [6, 6.07) is 20.7. The number of likely N-dealkylation sites (tertiary alicyclic amines) is 1. The van der Waals surface area contributed by atoms with E-state index in [-0.39, 0.29) is 18.2 Å². The van der Waals surface area contributed by atoms with E-state index in [2.05, 4.69) is 86.1 Å². The summed E-state index contributed by atoms with van der Waals surface area (Å²) in [6.07, 6.45) is 8.97. The number of hydrogen-bond acceptors (Lipinski definition) is 10. The van der Waals surface area contributed by atoms with Gasteiger partial charge < -0.3 is 39.8 Å². The minimum absolute atomic E-state index is 0.0996. The zero-order valence-electron chi connectivity index (χ0n) is 28.6. The summed E-state index contributed by atoms with van der Waals surface area (Å²) in [7, 11) is 2.16. The molecule has 0 saturated carbocycles. The van der Waals surface area contributed by atoms with Crippen LogP contribution in [0.1, 0.15) is 62.9 Å². The zero-order chi connectivity index (χ0) is 34.3. The Morgan fingerprint density at radius 3 is 2.41 bits per heavy atom. The molecule has 2 aromatic heterocycles. The first-order valence-electron chi connectivity index (χ1n) is 17.2. The first-order valence-corrected chi connectivity index (χ1v) is 17.2. The number of carboxylic acid groups (broad SMARTS) is 1. The monoisotopic (exact) mass is 671 g/mol. The maximum atomic E-state index is 10.4. The minimum atomic E-state index is -0.949. The van der Waals surface area contributed by atoms with E-state index in [1.165, 1.54) is 5.56 Å². The Balaban J connectivity index is 1.07. The third kappa shape index (κ3) is 11.0. The highest BCUT2D eigenvalue weighted by Gasteiger charge is 2.39. The Labute approximate surface area is 288 Å². The maximum absolute atomic E-state index is 10.4. The molecule has 4 aromatic rings. The zero-order valence-corrected chi connectivity index (χ0v) is 28.6. The number of pyridine rings is 1. The van der Waals surface area contributed by atoms with Crippen molar-refractivity contribution in [1.29, 1.82) is 0 Å². The van der Waals surface area contributed by atoms with Crippen molar-refractivity contribution >= 4 is 17.3 Å². The SMILES string of the molecule is C[C@@H](Nc1cccc(NC2(c3nnc(-c4ccncc4)[nH]3)CCN(C)CC2)c1)c1ccc(OCCCCCOCCCOCC(=O)O)cc1. The molecule has 1 fully saturated rings. The van der Waals surface area contributed by atoms with Crippen molar-refractivity contribution in [2.24, 2.45) is 0 Å². The molecular formula is C37H49N7O5. The number of aromatic amines is 1. The van der Waals surface area contributed by atoms with E-state index in [1.807, 2.05) is 24.3 Å². The predicted octanol–water partition coefficient (Wildman–Crippen LogP) is 6.13. The number of benzene rings is 2. The Kier molecular flexibility index (Phi) is 13.4. The average Bonchev–Trinajstić information content (AvgIpc) is 3.62. The lowest BCUT2D eigenvalue weighted by Crippen LogP contribution is -2.46. The summed E-state index contributed by atoms with van der Waals surface area (Å²) in [6.45, 7) is 6.14. The molecule has 262 valence electrons. The van der Waals surface area contributed by atoms with Crippen LogP contribution in [-0.4, -0.2) is 89.3 Å². The largest absolute Gasteiger partial charge is 0.494 e. The van der Waals surface area contributed by atoms with Crippen LogP contribution in [0, 0.1) is 0 Å². The maximum Gasteiger partial charge on any atom is 0.329 e. The Hall–Kier alpha value is -4.52. The minimum Gasteiger partial charge on any atom is -0.494 e. The van der Waals surface area contributed by atoms with Crippen molar-refractivity contribution in [3.05, 3.63) is 84.4 Å². The first-order chi connectivity index (χ1) is 23.9. The second-order valence-corrected chi connectivity index (χ2v) is 12.6. The second-order valence-electron chi connectivity index (χ2n) is 12.6. The van der Waals surface area contributed by atoms with E-state index in [0.717, 1.165) is 79.5 Å². The van der Waals surface area contributed by atoms with Crippen LogP contribution >= 0.6 is 0 Å². The van der Waals surface area contributed by atoms with Crippen molar-refractivity contribution < 1.29 is 24.1 Å². The summed E-state index contributed by atoms with van der Waals surface area (Å²) in [5.74, 6) is 1.51. The van der Waals surface area contributed by atoms with Gasteiger partial charge in [-0.1, -0.05) is 18.2 Å². The molecule has 0 aliphatic carbocycles. The van der Waals surface area contributed by atoms with E-state index < -0.39 is 5.97 Å². The molecule has 0 radical (unpaired) electrons. The molecule has 4 N–H and O–H groups in total. The Morgan fingerprint density at radius 1 is 0.918 bits per heavy atom. The molecule has 3 heterocycles. The van der Waals surface area contributed by atoms with Gasteiger partial charge in [0, 0.05) is 68.3 Å². The Bertz CT molecular complexity index is 1560. The van der Waals surface area contributed by atoms with E-state index >= 15 is 0 Å². The van der Waals surface area contributed by atoms with Crippen molar-refractivity contribution in [1.82, 2.24) is 25.1 Å². The number of anilines is 2. The number of nitrogens with zero attached hydrogens (tertiary/aromatic N) is 4. The summed E-state index contributed by atoms with van der Waals surface area (Å²) >= 11 is 0. The highest BCUT2D eigenvalue weighted by atomic mass is 16.5. The molecule has 1 atom stereocenters. The molecule has 1 saturated heterocycles. The fourth-order valence-electron chi connectivity index (χ4n) is 5.89. The van der Waals surface area contributed by atoms with Crippen molar-refractivity contribution in [2.45, 2.75) is 57.0 Å². The fraction of sp³-hybridized carbons (Fsp3) is 0.459. The van der Waals surface area contributed by atoms with Crippen LogP contribution in [0.15, 0.2) is 73.1 Å². The molecule has 0 bridgehead atoms. The van der Waals surface area contributed by atoms with Crippen LogP contribution in [0.4, 0.5) is 11.4 Å². The predicted molar refractivity (Wildman–Crippen MR) is 190 cm³/mol. The van der Waals surface area contributed by atoms with E-state index in [0.29, 0.717) is 32.8 Å². The van der Waals surface area contributed by atoms with Gasteiger partial charge in [0.1, 0.15) is 12.4 Å². The van der Waals surface area contributed by atoms with Gasteiger partial charge in [0.05, 0.1) is 12.1 Å². The topological polar surface area (TPSA) is 147 Å². The van der Waals surface area contributed by atoms with Crippen LogP contribution in [0.2, 0.25) is 0 Å². The lowest BCUT2D eigenvalue weighted by atomic mass is 9.86. The lowest BCUT2D eigenvalue weighted by Gasteiger charge is -2.40. The molecule has 2 aromatic carbocycles. The fourth-order valence-corrected chi connectivity index (χ4v) is 5.89. The third-order valence-corrected chi connectivity index (χ3v) is 8.75. The van der Waals surface area contributed by atoms with Gasteiger partial charge in [-0.3, -0.25) is 4.98 Å². The number of carboxylic acids is 1. The number of unbranched alkanes of at least 4 members (excludes halogenated alkanes) is 2. The van der Waals surface area contributed by atoms with Crippen LogP contribution in [0.5, 0.6) is 5.75 Å². The van der Waals surface area contributed by atoms with Gasteiger partial charge in [-0.2, -0.15) is 0 Å². The molecule has 0 amide bonds. The summed E-state index contributed by atoms with van der Waals surface area (Å²) in [5, 5.41) is 25.2. The molecule has 49 heavy (non-hydrogen) atoms. The third-order valence-electron chi connectivity index (χ3n) is 8.75. The van der Waals surface area contributed by atoms with Gasteiger partial charge >= 0.3 is 5.97 Å². The summed E-state index contributed by atoms with van der Waals surface area (Å²) in [5.41, 5.74) is 3.84. The van der Waals surface area contributed by atoms with E-state index in [1.54, 1.807) is 12.4 Å². The number of rotatable bonds is 20. The molecular weight excluding hydrogens is 622 g/mol. The molecule has 5 rings (SSSR count). The number of carbonyl (C=O) groups is 1. The number of aromatic nitrogens is 4. The molecule has 12 nitrogen and oxygen atoms in total. The van der Waals surface area contributed by atoms with E-state index in [9.17, 15) is 4.79 Å². The van der Waals surface area contributed by atoms with Gasteiger partial charge in [0.2, 0.25) is 0 Å². The molecule has 1 aliphatic heterocycles. The number of ether oxygens (including phenoxy) is 3. The normalized spacial score (nSPS) is 15.1. The Morgan fingerprint density at radius 2 is 1.63 bits per heavy atom. The first kappa shape index (κ1) is 35.8. The van der Waals surface area contributed by atoms with Gasteiger partial charge in [0.25, 0.3) is 0 Å². The van der Waals surface area contributed by atoms with Crippen molar-refractivity contribution in [3.63, 3.8) is 0 Å². The smallest absolute Gasteiger partial charge is 0.329 e. The molecule has 0 spiro atoms. The van der Waals surface area contributed by atoms with Gasteiger partial charge in [-0.25, -0.2) is 4.79 Å². The highest BCUT2D eigenvalue weighted by Crippen LogP contribution is 2.36. The number of aliphatic carboxylic acids is 1. The highest BCUT2D eigenvalue weighted by molar-refractivity contribution is 5.68. The lowest BCUT2D eigenvalue weighted by molar-refractivity contribution is -0.142. The van der Waals surface area contributed by atoms with E-state index in [4.69, 9.17) is 19.3 Å². The van der Waals surface area contributed by atoms with Gasteiger partial charge in [0.15, 0.2) is 11.6 Å². The van der Waals surface area contributed by atoms with Crippen LogP contribution < -0.4 is 15.4 Å². The van der Waals surface area contributed by atoms with Gasteiger partial charge in [-0.15, -0.1) is 10.2 Å². The summed E-state index contributed by atoms with van der Waals surface area (Å²) < 4.78 is 16.5. The molecule has 1 aliphatic rings. The van der Waals surface area contributed by atoms with Crippen LogP contribution in [0.3, 0.4) is 0 Å². The van der Waals surface area contributed by atoms with Crippen molar-refractivity contribution in [2.75, 3.05) is 63.8 Å². The second kappa shape index (κ2) is 18.3. The van der Waals surface area contributed by atoms with Gasteiger partial charge in [-0.05, 0) is 101 Å². The summed E-state index contributed by atoms with van der Waals surface area (Å²) in [4.78, 5) is 20.4. The van der Waals surface area contributed by atoms with Crippen LogP contribution in [-0.2, 0) is 19.8 Å².